The summed E-state index contributed by atoms with van der Waals surface area (Å²) in [5, 5.41) is 3.49. The van der Waals surface area contributed by atoms with Gasteiger partial charge in [0, 0.05) is 13.1 Å². The van der Waals surface area contributed by atoms with Crippen LogP contribution in [0.25, 0.3) is 11.1 Å². The number of carbonyl (C=O) groups excluding carboxylic acids is 2. The number of hydrogen-bond donors (Lipinski definition) is 1. The lowest BCUT2D eigenvalue weighted by Crippen LogP contribution is -2.42. The van der Waals surface area contributed by atoms with E-state index >= 15 is 0 Å². The van der Waals surface area contributed by atoms with Gasteiger partial charge >= 0.3 is 12.1 Å². The number of nitrogens with one attached hydrogen (secondary N) is 1. The van der Waals surface area contributed by atoms with E-state index in [0.29, 0.717) is 30.2 Å². The van der Waals surface area contributed by atoms with E-state index in [1.807, 2.05) is 62.1 Å². The predicted octanol–water partition coefficient (Wildman–Crippen LogP) is 6.74. The maximum atomic E-state index is 12.7. The van der Waals surface area contributed by atoms with Crippen LogP contribution in [-0.2, 0) is 9.47 Å². The Bertz CT molecular complexity index is 1220. The summed E-state index contributed by atoms with van der Waals surface area (Å²) in [7, 11) is 1.36. The van der Waals surface area contributed by atoms with Gasteiger partial charge < -0.3 is 24.4 Å². The van der Waals surface area contributed by atoms with Crippen molar-refractivity contribution in [3.8, 4) is 22.6 Å². The third-order valence-corrected chi connectivity index (χ3v) is 6.13. The predicted molar refractivity (Wildman–Crippen MR) is 144 cm³/mol. The van der Waals surface area contributed by atoms with Gasteiger partial charge in [0.2, 0.25) is 0 Å². The normalized spacial score (nSPS) is 15.2. The average molecular weight is 503 g/mol. The fraction of sp³-hybridized carbons (Fsp3) is 0.333. The molecule has 0 aromatic heterocycles. The zero-order valence-electron chi connectivity index (χ0n) is 21.8. The quantitative estimate of drug-likeness (QED) is 0.360. The zero-order valence-corrected chi connectivity index (χ0v) is 21.8. The van der Waals surface area contributed by atoms with Crippen molar-refractivity contribution in [1.29, 1.82) is 0 Å². The lowest BCUT2D eigenvalue weighted by atomic mass is 10.0. The summed E-state index contributed by atoms with van der Waals surface area (Å²) in [6.07, 6.45) is 1.56. The van der Waals surface area contributed by atoms with Gasteiger partial charge in [-0.2, -0.15) is 0 Å². The van der Waals surface area contributed by atoms with Crippen LogP contribution in [0, 0.1) is 0 Å². The molecule has 4 rings (SSSR count). The van der Waals surface area contributed by atoms with Crippen molar-refractivity contribution >= 4 is 17.7 Å². The first kappa shape index (κ1) is 26.1. The molecule has 1 aliphatic heterocycles. The number of hydrogen-bond acceptors (Lipinski definition) is 6. The molecule has 0 aliphatic carbocycles. The molecule has 0 radical (unpaired) electrons. The molecule has 0 bridgehead atoms. The highest BCUT2D eigenvalue weighted by molar-refractivity contribution is 5.89. The fourth-order valence-electron chi connectivity index (χ4n) is 4.30. The van der Waals surface area contributed by atoms with Crippen LogP contribution in [0.4, 0.5) is 10.5 Å². The second-order valence-corrected chi connectivity index (χ2v) is 10.0. The van der Waals surface area contributed by atoms with E-state index in [9.17, 15) is 9.59 Å². The zero-order chi connectivity index (χ0) is 26.4. The van der Waals surface area contributed by atoms with Gasteiger partial charge in [-0.25, -0.2) is 9.59 Å². The summed E-state index contributed by atoms with van der Waals surface area (Å²) >= 11 is 0. The smallest absolute Gasteiger partial charge is 0.410 e. The molecule has 1 heterocycles. The Morgan fingerprint density at radius 2 is 1.70 bits per heavy atom. The molecular formula is C30H34N2O5. The summed E-state index contributed by atoms with van der Waals surface area (Å²) in [5.41, 5.74) is 2.83. The molecule has 0 spiro atoms. The number of methoxy groups -OCH3 is 1. The van der Waals surface area contributed by atoms with E-state index in [2.05, 4.69) is 17.4 Å². The topological polar surface area (TPSA) is 77.1 Å². The van der Waals surface area contributed by atoms with Gasteiger partial charge in [-0.3, -0.25) is 0 Å². The second kappa shape index (κ2) is 11.4. The molecule has 1 aliphatic rings. The van der Waals surface area contributed by atoms with Gasteiger partial charge in [-0.05, 0) is 81.1 Å². The van der Waals surface area contributed by atoms with Crippen LogP contribution in [0.15, 0.2) is 72.8 Å². The van der Waals surface area contributed by atoms with Crippen molar-refractivity contribution in [2.75, 3.05) is 25.5 Å². The van der Waals surface area contributed by atoms with Crippen LogP contribution in [0.1, 0.15) is 44.0 Å². The van der Waals surface area contributed by atoms with E-state index in [1.54, 1.807) is 24.3 Å². The maximum Gasteiger partial charge on any atom is 0.410 e. The standard InChI is InChI=1S/C30H34N2O5/c1-30(2,3)37-29(34)32-18-8-11-24(32)20-31-26-17-14-23(21-9-6-5-7-10-21)19-27(26)36-25-15-12-22(13-16-25)28(33)35-4/h5-7,9-10,12-17,19,24,31H,8,11,18,20H2,1-4H3. The first-order valence-electron chi connectivity index (χ1n) is 12.5. The Morgan fingerprint density at radius 3 is 2.38 bits per heavy atom. The number of benzene rings is 3. The molecule has 1 saturated heterocycles. The Morgan fingerprint density at radius 1 is 0.973 bits per heavy atom. The van der Waals surface area contributed by atoms with Crippen molar-refractivity contribution < 1.29 is 23.8 Å². The van der Waals surface area contributed by atoms with Gasteiger partial charge in [0.05, 0.1) is 24.4 Å². The molecule has 0 saturated carbocycles. The van der Waals surface area contributed by atoms with Crippen LogP contribution in [0.3, 0.4) is 0 Å². The summed E-state index contributed by atoms with van der Waals surface area (Å²) < 4.78 is 16.7. The molecule has 194 valence electrons. The molecule has 1 amide bonds. The largest absolute Gasteiger partial charge is 0.465 e. The number of esters is 1. The number of likely N-dealkylation sites (tertiary alicyclic amines) is 1. The average Bonchev–Trinajstić information content (AvgIpc) is 3.36. The Balaban J connectivity index is 1.55. The molecule has 1 fully saturated rings. The lowest BCUT2D eigenvalue weighted by Gasteiger charge is -2.29. The summed E-state index contributed by atoms with van der Waals surface area (Å²) in [5.74, 6) is 0.845. The third kappa shape index (κ3) is 6.82. The first-order valence-corrected chi connectivity index (χ1v) is 12.5. The first-order chi connectivity index (χ1) is 17.7. The van der Waals surface area contributed by atoms with Crippen LogP contribution in [0.5, 0.6) is 11.5 Å². The number of anilines is 1. The minimum Gasteiger partial charge on any atom is -0.465 e. The van der Waals surface area contributed by atoms with E-state index in [1.165, 1.54) is 7.11 Å². The van der Waals surface area contributed by atoms with Gasteiger partial charge in [-0.15, -0.1) is 0 Å². The SMILES string of the molecule is COC(=O)c1ccc(Oc2cc(-c3ccccc3)ccc2NCC2CCCN2C(=O)OC(C)(C)C)cc1. The van der Waals surface area contributed by atoms with Gasteiger partial charge in [-0.1, -0.05) is 36.4 Å². The van der Waals surface area contributed by atoms with Crippen molar-refractivity contribution in [3.05, 3.63) is 78.4 Å². The summed E-state index contributed by atoms with van der Waals surface area (Å²) in [6, 6.07) is 23.0. The molecule has 7 nitrogen and oxygen atoms in total. The molecular weight excluding hydrogens is 468 g/mol. The highest BCUT2D eigenvalue weighted by Gasteiger charge is 2.32. The van der Waals surface area contributed by atoms with Crippen LogP contribution >= 0.6 is 0 Å². The van der Waals surface area contributed by atoms with Crippen LogP contribution in [0.2, 0.25) is 0 Å². The van der Waals surface area contributed by atoms with Crippen molar-refractivity contribution in [2.45, 2.75) is 45.3 Å². The monoisotopic (exact) mass is 502 g/mol. The van der Waals surface area contributed by atoms with E-state index < -0.39 is 11.6 Å². The van der Waals surface area contributed by atoms with Crippen molar-refractivity contribution in [2.24, 2.45) is 0 Å². The van der Waals surface area contributed by atoms with Crippen molar-refractivity contribution in [3.63, 3.8) is 0 Å². The number of amides is 1. The number of nitrogens with zero attached hydrogens (tertiary/aromatic N) is 1. The number of carbonyl (C=O) groups is 2. The van der Waals surface area contributed by atoms with Gasteiger partial charge in [0.15, 0.2) is 5.75 Å². The number of ether oxygens (including phenoxy) is 3. The second-order valence-electron chi connectivity index (χ2n) is 10.0. The van der Waals surface area contributed by atoms with E-state index in [-0.39, 0.29) is 12.1 Å². The maximum absolute atomic E-state index is 12.7. The van der Waals surface area contributed by atoms with Gasteiger partial charge in [0.1, 0.15) is 11.4 Å². The Kier molecular flexibility index (Phi) is 8.01. The molecule has 1 unspecified atom stereocenters. The van der Waals surface area contributed by atoms with E-state index in [4.69, 9.17) is 14.2 Å². The Labute approximate surface area is 218 Å². The highest BCUT2D eigenvalue weighted by atomic mass is 16.6. The van der Waals surface area contributed by atoms with Crippen LogP contribution < -0.4 is 10.1 Å². The van der Waals surface area contributed by atoms with Crippen molar-refractivity contribution in [1.82, 2.24) is 4.90 Å². The molecule has 1 N–H and O–H groups in total. The fourth-order valence-corrected chi connectivity index (χ4v) is 4.30. The number of rotatable bonds is 7. The molecule has 7 heteroatoms. The lowest BCUT2D eigenvalue weighted by molar-refractivity contribution is 0.0235. The van der Waals surface area contributed by atoms with Gasteiger partial charge in [0.25, 0.3) is 0 Å². The molecule has 37 heavy (non-hydrogen) atoms. The molecule has 3 aromatic rings. The van der Waals surface area contributed by atoms with Crippen LogP contribution in [-0.4, -0.2) is 48.8 Å². The van der Waals surface area contributed by atoms with E-state index in [0.717, 1.165) is 29.7 Å². The minimum absolute atomic E-state index is 0.0239. The Hall–Kier alpha value is -4.00. The summed E-state index contributed by atoms with van der Waals surface area (Å²) in [6.45, 7) is 6.89. The summed E-state index contributed by atoms with van der Waals surface area (Å²) in [4.78, 5) is 26.3. The molecule has 1 atom stereocenters. The molecule has 3 aromatic carbocycles. The minimum atomic E-state index is -0.532. The highest BCUT2D eigenvalue weighted by Crippen LogP contribution is 2.35. The third-order valence-electron chi connectivity index (χ3n) is 6.13.